The fraction of sp³-hybridized carbons (Fsp3) is 0.933. The van der Waals surface area contributed by atoms with Gasteiger partial charge in [-0.1, -0.05) is 26.7 Å². The lowest BCUT2D eigenvalue weighted by atomic mass is 9.74. The second kappa shape index (κ2) is 7.86. The molecule has 1 rings (SSSR count). The molecule has 2 N–H and O–H groups in total. The number of ketones is 1. The highest BCUT2D eigenvalue weighted by Crippen LogP contribution is 2.34. The van der Waals surface area contributed by atoms with Gasteiger partial charge < -0.3 is 5.73 Å². The zero-order valence-corrected chi connectivity index (χ0v) is 11.6. The van der Waals surface area contributed by atoms with Gasteiger partial charge in [-0.25, -0.2) is 0 Å². The molecule has 0 amide bonds. The van der Waals surface area contributed by atoms with Crippen LogP contribution in [0.25, 0.3) is 0 Å². The van der Waals surface area contributed by atoms with Gasteiger partial charge in [-0.15, -0.1) is 0 Å². The van der Waals surface area contributed by atoms with Crippen LogP contribution in [0.3, 0.4) is 0 Å². The molecule has 0 aliphatic heterocycles. The van der Waals surface area contributed by atoms with Crippen molar-refractivity contribution in [3.63, 3.8) is 0 Å². The summed E-state index contributed by atoms with van der Waals surface area (Å²) in [6.07, 6.45) is 8.89. The summed E-state index contributed by atoms with van der Waals surface area (Å²) in [5, 5.41) is 0. The number of nitrogens with two attached hydrogens (primary N) is 1. The fourth-order valence-electron chi connectivity index (χ4n) is 3.21. The van der Waals surface area contributed by atoms with Gasteiger partial charge >= 0.3 is 0 Å². The van der Waals surface area contributed by atoms with Crippen LogP contribution >= 0.6 is 0 Å². The first-order chi connectivity index (χ1) is 8.13. The van der Waals surface area contributed by atoms with Gasteiger partial charge in [0.15, 0.2) is 0 Å². The Bertz CT molecular complexity index is 217. The molecule has 0 bridgehead atoms. The molecule has 2 unspecified atom stereocenters. The van der Waals surface area contributed by atoms with Gasteiger partial charge in [0.25, 0.3) is 0 Å². The maximum Gasteiger partial charge on any atom is 0.135 e. The Hall–Kier alpha value is -0.370. The molecule has 1 fully saturated rings. The SMILES string of the molecule is CC1CC(C)CC(C(=O)CCCCCCN)C1. The Labute approximate surface area is 106 Å². The Kier molecular flexibility index (Phi) is 6.79. The van der Waals surface area contributed by atoms with Crippen LogP contribution in [-0.2, 0) is 4.79 Å². The number of Topliss-reactive ketones (excluding diaryl/α,β-unsaturated/α-hetero) is 1. The first kappa shape index (κ1) is 14.7. The molecule has 17 heavy (non-hydrogen) atoms. The second-order valence-corrected chi connectivity index (χ2v) is 6.03. The number of rotatable bonds is 7. The molecule has 0 aromatic carbocycles. The molecular formula is C15H29NO. The summed E-state index contributed by atoms with van der Waals surface area (Å²) in [6, 6.07) is 0. The van der Waals surface area contributed by atoms with Crippen LogP contribution in [-0.4, -0.2) is 12.3 Å². The van der Waals surface area contributed by atoms with Gasteiger partial charge in [0.2, 0.25) is 0 Å². The Balaban J connectivity index is 2.18. The minimum atomic E-state index is 0.364. The van der Waals surface area contributed by atoms with Crippen LogP contribution in [0.1, 0.15) is 65.2 Å². The van der Waals surface area contributed by atoms with Gasteiger partial charge in [0.1, 0.15) is 5.78 Å². The summed E-state index contributed by atoms with van der Waals surface area (Å²) < 4.78 is 0. The lowest BCUT2D eigenvalue weighted by molar-refractivity contribution is -0.124. The van der Waals surface area contributed by atoms with E-state index in [1.807, 2.05) is 0 Å². The highest BCUT2D eigenvalue weighted by Gasteiger charge is 2.28. The van der Waals surface area contributed by atoms with Gasteiger partial charge in [-0.3, -0.25) is 4.79 Å². The molecule has 0 saturated heterocycles. The Morgan fingerprint density at radius 1 is 1.00 bits per heavy atom. The van der Waals surface area contributed by atoms with Gasteiger partial charge in [0.05, 0.1) is 0 Å². The minimum absolute atomic E-state index is 0.364. The van der Waals surface area contributed by atoms with E-state index in [1.54, 1.807) is 0 Å². The predicted octanol–water partition coefficient (Wildman–Crippen LogP) is 3.54. The number of carbonyl (C=O) groups is 1. The highest BCUT2D eigenvalue weighted by atomic mass is 16.1. The van der Waals surface area contributed by atoms with Crippen LogP contribution in [0, 0.1) is 17.8 Å². The van der Waals surface area contributed by atoms with Crippen molar-refractivity contribution in [2.45, 2.75) is 65.2 Å². The molecule has 0 spiro atoms. The normalized spacial score (nSPS) is 29.2. The summed E-state index contributed by atoms with van der Waals surface area (Å²) in [5.74, 6) is 2.37. The molecule has 0 aromatic rings. The standard InChI is InChI=1S/C15H29NO/c1-12-9-13(2)11-14(10-12)15(17)7-5-3-4-6-8-16/h12-14H,3-11,16H2,1-2H3. The summed E-state index contributed by atoms with van der Waals surface area (Å²) in [4.78, 5) is 12.1. The molecule has 100 valence electrons. The molecule has 2 atom stereocenters. The van der Waals surface area contributed by atoms with Crippen LogP contribution in [0.4, 0.5) is 0 Å². The molecule has 0 aromatic heterocycles. The van der Waals surface area contributed by atoms with Crippen LogP contribution in [0.5, 0.6) is 0 Å². The zero-order chi connectivity index (χ0) is 12.7. The highest BCUT2D eigenvalue weighted by molar-refractivity contribution is 5.81. The van der Waals surface area contributed by atoms with E-state index in [9.17, 15) is 4.79 Å². The van der Waals surface area contributed by atoms with E-state index in [2.05, 4.69) is 13.8 Å². The Morgan fingerprint density at radius 3 is 2.18 bits per heavy atom. The monoisotopic (exact) mass is 239 g/mol. The van der Waals surface area contributed by atoms with Crippen molar-refractivity contribution in [3.8, 4) is 0 Å². The lowest BCUT2D eigenvalue weighted by Crippen LogP contribution is -2.25. The number of unbranched alkanes of at least 4 members (excludes halogenated alkanes) is 3. The van der Waals surface area contributed by atoms with Gasteiger partial charge in [-0.05, 0) is 50.5 Å². The van der Waals surface area contributed by atoms with Crippen LogP contribution in [0.2, 0.25) is 0 Å². The van der Waals surface area contributed by atoms with Crippen LogP contribution in [0.15, 0.2) is 0 Å². The number of hydrogen-bond donors (Lipinski definition) is 1. The summed E-state index contributed by atoms with van der Waals surface area (Å²) in [6.45, 7) is 5.36. The summed E-state index contributed by atoms with van der Waals surface area (Å²) in [7, 11) is 0. The van der Waals surface area contributed by atoms with Crippen molar-refractivity contribution in [2.75, 3.05) is 6.54 Å². The maximum atomic E-state index is 12.1. The van der Waals surface area contributed by atoms with E-state index in [0.717, 1.165) is 50.5 Å². The maximum absolute atomic E-state index is 12.1. The van der Waals surface area contributed by atoms with Crippen molar-refractivity contribution in [3.05, 3.63) is 0 Å². The van der Waals surface area contributed by atoms with Crippen molar-refractivity contribution < 1.29 is 4.79 Å². The third-order valence-electron chi connectivity index (χ3n) is 4.01. The smallest absolute Gasteiger partial charge is 0.135 e. The van der Waals surface area contributed by atoms with E-state index < -0.39 is 0 Å². The quantitative estimate of drug-likeness (QED) is 0.691. The minimum Gasteiger partial charge on any atom is -0.330 e. The molecule has 1 aliphatic carbocycles. The predicted molar refractivity (Wildman–Crippen MR) is 72.8 cm³/mol. The van der Waals surface area contributed by atoms with Crippen molar-refractivity contribution >= 4 is 5.78 Å². The number of carbonyl (C=O) groups excluding carboxylic acids is 1. The molecule has 1 saturated carbocycles. The van der Waals surface area contributed by atoms with Crippen molar-refractivity contribution in [2.24, 2.45) is 23.5 Å². The van der Waals surface area contributed by atoms with E-state index in [1.165, 1.54) is 19.3 Å². The van der Waals surface area contributed by atoms with Gasteiger partial charge in [0, 0.05) is 12.3 Å². The average Bonchev–Trinajstić information content (AvgIpc) is 2.27. The summed E-state index contributed by atoms with van der Waals surface area (Å²) in [5.41, 5.74) is 5.45. The summed E-state index contributed by atoms with van der Waals surface area (Å²) >= 11 is 0. The molecule has 0 heterocycles. The van der Waals surface area contributed by atoms with Crippen molar-refractivity contribution in [1.29, 1.82) is 0 Å². The molecule has 0 radical (unpaired) electrons. The number of hydrogen-bond acceptors (Lipinski definition) is 2. The molecular weight excluding hydrogens is 210 g/mol. The average molecular weight is 239 g/mol. The van der Waals surface area contributed by atoms with E-state index >= 15 is 0 Å². The third kappa shape index (κ3) is 5.67. The van der Waals surface area contributed by atoms with E-state index in [4.69, 9.17) is 5.73 Å². The van der Waals surface area contributed by atoms with Crippen LogP contribution < -0.4 is 5.73 Å². The second-order valence-electron chi connectivity index (χ2n) is 6.03. The van der Waals surface area contributed by atoms with Crippen molar-refractivity contribution in [1.82, 2.24) is 0 Å². The molecule has 2 nitrogen and oxygen atoms in total. The zero-order valence-electron chi connectivity index (χ0n) is 11.6. The largest absolute Gasteiger partial charge is 0.330 e. The molecule has 1 aliphatic rings. The lowest BCUT2D eigenvalue weighted by Gasteiger charge is -2.30. The topological polar surface area (TPSA) is 43.1 Å². The molecule has 2 heteroatoms. The first-order valence-electron chi connectivity index (χ1n) is 7.36. The Morgan fingerprint density at radius 2 is 1.59 bits per heavy atom. The third-order valence-corrected chi connectivity index (χ3v) is 4.01. The fourth-order valence-corrected chi connectivity index (χ4v) is 3.21. The van der Waals surface area contributed by atoms with E-state index in [-0.39, 0.29) is 0 Å². The first-order valence-corrected chi connectivity index (χ1v) is 7.36. The van der Waals surface area contributed by atoms with E-state index in [0.29, 0.717) is 11.7 Å². The van der Waals surface area contributed by atoms with Gasteiger partial charge in [-0.2, -0.15) is 0 Å².